The molecule has 2 aliphatic rings. The van der Waals surface area contributed by atoms with Crippen LogP contribution in [0.5, 0.6) is 0 Å². The highest BCUT2D eigenvalue weighted by atomic mass is 32.1. The van der Waals surface area contributed by atoms with Gasteiger partial charge in [0.15, 0.2) is 0 Å². The second kappa shape index (κ2) is 8.22. The van der Waals surface area contributed by atoms with E-state index in [4.69, 9.17) is 0 Å². The molecule has 7 heteroatoms. The highest BCUT2D eigenvalue weighted by molar-refractivity contribution is 7.18. The van der Waals surface area contributed by atoms with Crippen molar-refractivity contribution in [3.8, 4) is 0 Å². The van der Waals surface area contributed by atoms with E-state index in [1.807, 2.05) is 18.2 Å². The molecule has 0 spiro atoms. The predicted octanol–water partition coefficient (Wildman–Crippen LogP) is 3.97. The topological polar surface area (TPSA) is 67.2 Å². The first kappa shape index (κ1) is 19.3. The molecule has 5 rings (SSSR count). The van der Waals surface area contributed by atoms with Gasteiger partial charge in [-0.15, -0.1) is 11.3 Å². The second-order valence-electron chi connectivity index (χ2n) is 8.14. The number of thiophene rings is 1. The molecule has 1 saturated heterocycles. The summed E-state index contributed by atoms with van der Waals surface area (Å²) in [4.78, 5) is 34.7. The van der Waals surface area contributed by atoms with Crippen LogP contribution in [-0.2, 0) is 24.2 Å². The Kier molecular flexibility index (Phi) is 5.29. The van der Waals surface area contributed by atoms with Gasteiger partial charge in [0.05, 0.1) is 23.1 Å². The Morgan fingerprint density at radius 2 is 1.90 bits per heavy atom. The first-order valence-electron chi connectivity index (χ1n) is 10.8. The summed E-state index contributed by atoms with van der Waals surface area (Å²) in [6.07, 6.45) is 8.55. The van der Waals surface area contributed by atoms with Crippen LogP contribution in [0, 0.1) is 0 Å². The zero-order valence-corrected chi connectivity index (χ0v) is 17.8. The minimum Gasteiger partial charge on any atom is -0.370 e. The Balaban J connectivity index is 1.31. The summed E-state index contributed by atoms with van der Waals surface area (Å²) < 4.78 is 1.59. The number of anilines is 2. The van der Waals surface area contributed by atoms with Crippen molar-refractivity contribution in [2.75, 3.05) is 23.3 Å². The number of amides is 1. The summed E-state index contributed by atoms with van der Waals surface area (Å²) in [7, 11) is 0. The van der Waals surface area contributed by atoms with E-state index in [9.17, 15) is 9.59 Å². The molecule has 1 amide bonds. The van der Waals surface area contributed by atoms with Gasteiger partial charge in [0.2, 0.25) is 5.91 Å². The fourth-order valence-electron chi connectivity index (χ4n) is 4.59. The van der Waals surface area contributed by atoms with Crippen LogP contribution in [0.2, 0.25) is 0 Å². The predicted molar refractivity (Wildman–Crippen MR) is 122 cm³/mol. The van der Waals surface area contributed by atoms with E-state index in [0.717, 1.165) is 53.9 Å². The maximum atomic E-state index is 13.1. The average Bonchev–Trinajstić information content (AvgIpc) is 3.42. The van der Waals surface area contributed by atoms with Crippen LogP contribution >= 0.6 is 11.3 Å². The highest BCUT2D eigenvalue weighted by Crippen LogP contribution is 2.33. The largest absolute Gasteiger partial charge is 0.370 e. The molecule has 0 saturated carbocycles. The maximum absolute atomic E-state index is 13.1. The van der Waals surface area contributed by atoms with E-state index in [1.54, 1.807) is 22.2 Å². The smallest absolute Gasteiger partial charge is 0.262 e. The van der Waals surface area contributed by atoms with Crippen LogP contribution in [-0.4, -0.2) is 28.5 Å². The molecular weight excluding hydrogens is 396 g/mol. The van der Waals surface area contributed by atoms with Crippen LogP contribution in [0.1, 0.15) is 42.5 Å². The molecule has 1 aromatic carbocycles. The van der Waals surface area contributed by atoms with Crippen LogP contribution in [0.25, 0.3) is 10.2 Å². The van der Waals surface area contributed by atoms with Crippen LogP contribution in [0.15, 0.2) is 35.4 Å². The zero-order valence-electron chi connectivity index (χ0n) is 17.0. The number of benzene rings is 1. The third-order valence-corrected chi connectivity index (χ3v) is 7.35. The van der Waals surface area contributed by atoms with Crippen LogP contribution in [0.3, 0.4) is 0 Å². The molecule has 3 aromatic rings. The summed E-state index contributed by atoms with van der Waals surface area (Å²) in [5.74, 6) is -0.0824. The summed E-state index contributed by atoms with van der Waals surface area (Å²) in [6, 6.07) is 7.95. The van der Waals surface area contributed by atoms with Crippen molar-refractivity contribution < 1.29 is 4.79 Å². The molecule has 0 unspecified atom stereocenters. The van der Waals surface area contributed by atoms with E-state index >= 15 is 0 Å². The van der Waals surface area contributed by atoms with Gasteiger partial charge in [-0.3, -0.25) is 14.2 Å². The maximum Gasteiger partial charge on any atom is 0.262 e. The lowest BCUT2D eigenvalue weighted by Crippen LogP contribution is -2.25. The first-order valence-corrected chi connectivity index (χ1v) is 11.7. The van der Waals surface area contributed by atoms with Gasteiger partial charge >= 0.3 is 0 Å². The molecule has 0 bridgehead atoms. The van der Waals surface area contributed by atoms with Crippen molar-refractivity contribution >= 4 is 38.8 Å². The fourth-order valence-corrected chi connectivity index (χ4v) is 5.81. The molecule has 156 valence electrons. The number of carbonyl (C=O) groups is 1. The molecule has 0 atom stereocenters. The summed E-state index contributed by atoms with van der Waals surface area (Å²) in [5, 5.41) is 3.82. The molecular formula is C23H26N4O2S. The van der Waals surface area contributed by atoms with E-state index < -0.39 is 0 Å². The Morgan fingerprint density at radius 3 is 2.77 bits per heavy atom. The number of hydrogen-bond acceptors (Lipinski definition) is 5. The quantitative estimate of drug-likeness (QED) is 0.676. The molecule has 30 heavy (non-hydrogen) atoms. The molecule has 1 aliphatic heterocycles. The van der Waals surface area contributed by atoms with E-state index in [2.05, 4.69) is 21.3 Å². The Bertz CT molecular complexity index is 1140. The summed E-state index contributed by atoms with van der Waals surface area (Å²) in [5.41, 5.74) is 3.10. The Morgan fingerprint density at radius 1 is 1.10 bits per heavy atom. The fraction of sp³-hybridized carbons (Fsp3) is 0.435. The van der Waals surface area contributed by atoms with Crippen molar-refractivity contribution in [3.05, 3.63) is 51.4 Å². The van der Waals surface area contributed by atoms with Gasteiger partial charge in [-0.25, -0.2) is 4.98 Å². The number of aromatic nitrogens is 2. The molecule has 6 nitrogen and oxygen atoms in total. The zero-order chi connectivity index (χ0) is 20.5. The van der Waals surface area contributed by atoms with Gasteiger partial charge in [-0.1, -0.05) is 12.1 Å². The minimum atomic E-state index is -0.0824. The van der Waals surface area contributed by atoms with Gasteiger partial charge in [-0.05, 0) is 56.2 Å². The van der Waals surface area contributed by atoms with Gasteiger partial charge in [0.1, 0.15) is 4.83 Å². The van der Waals surface area contributed by atoms with Crippen molar-refractivity contribution in [2.45, 2.75) is 51.5 Å². The molecule has 1 aliphatic carbocycles. The van der Waals surface area contributed by atoms with Crippen molar-refractivity contribution in [1.82, 2.24) is 9.55 Å². The lowest BCUT2D eigenvalue weighted by atomic mass is 9.97. The van der Waals surface area contributed by atoms with E-state index in [1.165, 1.54) is 29.7 Å². The minimum absolute atomic E-state index is 0.00957. The SMILES string of the molecule is O=C(CCn1cnc2sc3c(c2c1=O)CCCC3)Nc1ccccc1N1CCCC1. The van der Waals surface area contributed by atoms with Crippen molar-refractivity contribution in [2.24, 2.45) is 0 Å². The molecule has 1 fully saturated rings. The van der Waals surface area contributed by atoms with Crippen molar-refractivity contribution in [3.63, 3.8) is 0 Å². The lowest BCUT2D eigenvalue weighted by Gasteiger charge is -2.21. The van der Waals surface area contributed by atoms with Gasteiger partial charge in [0, 0.05) is 30.9 Å². The average molecular weight is 423 g/mol. The summed E-state index contributed by atoms with van der Waals surface area (Å²) >= 11 is 1.65. The monoisotopic (exact) mass is 422 g/mol. The second-order valence-corrected chi connectivity index (χ2v) is 9.23. The standard InChI is InChI=1S/C23H26N4O2S/c28-20(25-17-8-2-3-9-18(17)26-12-5-6-13-26)11-14-27-15-24-22-21(23(27)29)16-7-1-4-10-19(16)30-22/h2-3,8-9,15H,1,4-7,10-14H2,(H,25,28). The van der Waals surface area contributed by atoms with Gasteiger partial charge in [0.25, 0.3) is 5.56 Å². The number of carbonyl (C=O) groups excluding carboxylic acids is 1. The number of para-hydroxylation sites is 2. The van der Waals surface area contributed by atoms with Crippen LogP contribution < -0.4 is 15.8 Å². The Hall–Kier alpha value is -2.67. The number of nitrogens with one attached hydrogen (secondary N) is 1. The molecule has 2 aromatic heterocycles. The first-order chi connectivity index (χ1) is 14.7. The number of aryl methyl sites for hydroxylation is 3. The molecule has 1 N–H and O–H groups in total. The number of hydrogen-bond donors (Lipinski definition) is 1. The van der Waals surface area contributed by atoms with E-state index in [-0.39, 0.29) is 17.9 Å². The van der Waals surface area contributed by atoms with Crippen LogP contribution in [0.4, 0.5) is 11.4 Å². The molecule has 0 radical (unpaired) electrons. The van der Waals surface area contributed by atoms with Gasteiger partial charge < -0.3 is 10.2 Å². The van der Waals surface area contributed by atoms with Crippen molar-refractivity contribution in [1.29, 1.82) is 0 Å². The van der Waals surface area contributed by atoms with Gasteiger partial charge in [-0.2, -0.15) is 0 Å². The third kappa shape index (κ3) is 3.62. The highest BCUT2D eigenvalue weighted by Gasteiger charge is 2.20. The third-order valence-electron chi connectivity index (χ3n) is 6.15. The molecule has 3 heterocycles. The number of fused-ring (bicyclic) bond motifs is 3. The number of rotatable bonds is 5. The van der Waals surface area contributed by atoms with E-state index in [0.29, 0.717) is 6.54 Å². The normalized spacial score (nSPS) is 16.1. The Labute approximate surface area is 179 Å². The summed E-state index contributed by atoms with van der Waals surface area (Å²) in [6.45, 7) is 2.39. The number of nitrogens with zero attached hydrogens (tertiary/aromatic N) is 3. The lowest BCUT2D eigenvalue weighted by molar-refractivity contribution is -0.116.